The van der Waals surface area contributed by atoms with Crippen molar-refractivity contribution in [3.8, 4) is 0 Å². The number of unbranched alkanes of at least 4 members (excludes halogenated alkanes) is 25. The number of phosphoric ester groups is 1. The van der Waals surface area contributed by atoms with E-state index in [1.54, 1.807) is 0 Å². The van der Waals surface area contributed by atoms with Crippen LogP contribution < -0.4 is 5.32 Å². The highest BCUT2D eigenvalue weighted by Gasteiger charge is 2.12. The quantitative estimate of drug-likeness (QED) is 0.0293. The largest absolute Gasteiger partial charge is 0.469 e. The average molecular weight is 582 g/mol. The summed E-state index contributed by atoms with van der Waals surface area (Å²) in [5.41, 5.74) is 0. The normalized spacial score (nSPS) is 11.8. The van der Waals surface area contributed by atoms with Gasteiger partial charge in [-0.3, -0.25) is 4.52 Å². The zero-order valence-corrected chi connectivity index (χ0v) is 26.4. The van der Waals surface area contributed by atoms with E-state index < -0.39 is 7.82 Å². The Labute approximate surface area is 240 Å². The zero-order chi connectivity index (χ0) is 27.3. The van der Waals surface area contributed by atoms with Gasteiger partial charge in [-0.2, -0.15) is 0 Å². The highest BCUT2D eigenvalue weighted by Crippen LogP contribution is 2.35. The fourth-order valence-corrected chi connectivity index (χ4v) is 5.43. The van der Waals surface area contributed by atoms with Gasteiger partial charge in [0.2, 0.25) is 0 Å². The van der Waals surface area contributed by atoms with Gasteiger partial charge in [-0.25, -0.2) is 4.57 Å². The first-order chi connectivity index (χ1) is 17.9. The SMILES string of the molecule is O=P(O)(O)OCCCCCCCCCCCCCCCCCCCCCCCCCCCCNC(=S)S. The van der Waals surface area contributed by atoms with Crippen molar-refractivity contribution in [2.45, 2.75) is 167 Å². The lowest BCUT2D eigenvalue weighted by Crippen LogP contribution is -2.17. The van der Waals surface area contributed by atoms with Gasteiger partial charge in [0.15, 0.2) is 0 Å². The molecule has 8 heteroatoms. The molecule has 0 unspecified atom stereocenters. The lowest BCUT2D eigenvalue weighted by atomic mass is 10.0. The first-order valence-electron chi connectivity index (χ1n) is 15.6. The van der Waals surface area contributed by atoms with E-state index in [4.69, 9.17) is 22.0 Å². The van der Waals surface area contributed by atoms with Crippen LogP contribution in [0.3, 0.4) is 0 Å². The lowest BCUT2D eigenvalue weighted by molar-refractivity contribution is 0.193. The molecule has 0 aromatic carbocycles. The monoisotopic (exact) mass is 581 g/mol. The predicted molar refractivity (Wildman–Crippen MR) is 168 cm³/mol. The second-order valence-corrected chi connectivity index (χ2v) is 13.1. The number of thiocarbonyl (C=S) groups is 1. The zero-order valence-electron chi connectivity index (χ0n) is 23.8. The molecular formula is C29H60NO4PS2. The molecule has 3 N–H and O–H groups in total. The summed E-state index contributed by atoms with van der Waals surface area (Å²) < 4.78 is 15.6. The molecule has 222 valence electrons. The van der Waals surface area contributed by atoms with Crippen LogP contribution in [0.5, 0.6) is 0 Å². The van der Waals surface area contributed by atoms with Gasteiger partial charge in [0, 0.05) is 6.54 Å². The van der Waals surface area contributed by atoms with Crippen LogP contribution in [0.15, 0.2) is 0 Å². The summed E-state index contributed by atoms with van der Waals surface area (Å²) in [7, 11) is -4.27. The van der Waals surface area contributed by atoms with E-state index in [-0.39, 0.29) is 6.61 Å². The summed E-state index contributed by atoms with van der Waals surface area (Å²) in [5, 5.41) is 3.10. The number of rotatable bonds is 30. The van der Waals surface area contributed by atoms with Crippen LogP contribution in [0, 0.1) is 0 Å². The van der Waals surface area contributed by atoms with Crippen molar-refractivity contribution < 1.29 is 18.9 Å². The maximum Gasteiger partial charge on any atom is 0.469 e. The van der Waals surface area contributed by atoms with E-state index in [2.05, 4.69) is 22.5 Å². The van der Waals surface area contributed by atoms with E-state index in [9.17, 15) is 4.57 Å². The Hall–Kier alpha value is 0.350. The topological polar surface area (TPSA) is 78.8 Å². The van der Waals surface area contributed by atoms with Crippen molar-refractivity contribution in [3.05, 3.63) is 0 Å². The Bertz CT molecular complexity index is 534. The molecule has 0 atom stereocenters. The Morgan fingerprint density at radius 3 is 1.03 bits per heavy atom. The van der Waals surface area contributed by atoms with Crippen molar-refractivity contribution in [3.63, 3.8) is 0 Å². The molecule has 0 aliphatic carbocycles. The van der Waals surface area contributed by atoms with Gasteiger partial charge in [-0.05, 0) is 12.8 Å². The van der Waals surface area contributed by atoms with Gasteiger partial charge in [0.05, 0.1) is 6.61 Å². The maximum absolute atomic E-state index is 10.6. The molecule has 0 radical (unpaired) electrons. The summed E-state index contributed by atoms with van der Waals surface area (Å²) >= 11 is 8.96. The molecule has 0 amide bonds. The number of nitrogens with one attached hydrogen (secondary N) is 1. The van der Waals surface area contributed by atoms with Crippen molar-refractivity contribution >= 4 is 37.0 Å². The minimum Gasteiger partial charge on any atom is -0.371 e. The second-order valence-electron chi connectivity index (χ2n) is 10.7. The van der Waals surface area contributed by atoms with Crippen LogP contribution in [0.4, 0.5) is 0 Å². The third-order valence-electron chi connectivity index (χ3n) is 7.11. The van der Waals surface area contributed by atoms with Gasteiger partial charge in [-0.15, -0.1) is 12.6 Å². The highest BCUT2D eigenvalue weighted by molar-refractivity contribution is 8.11. The molecule has 5 nitrogen and oxygen atoms in total. The Morgan fingerprint density at radius 1 is 0.541 bits per heavy atom. The maximum atomic E-state index is 10.6. The standard InChI is InChI=1S/C29H60NO4PS2/c31-35(32,33)34-28-26-24-22-20-18-16-14-12-10-8-6-4-2-1-3-5-7-9-11-13-15-17-19-21-23-25-27-30-29(36)37/h1-28H2,(H2,30,36,37)(H2,31,32,33). The van der Waals surface area contributed by atoms with Crippen molar-refractivity contribution in [2.24, 2.45) is 0 Å². The van der Waals surface area contributed by atoms with Crippen LogP contribution in [0.25, 0.3) is 0 Å². The summed E-state index contributed by atoms with van der Waals surface area (Å²) in [6, 6.07) is 0. The van der Waals surface area contributed by atoms with Crippen LogP contribution in [0.2, 0.25) is 0 Å². The first kappa shape index (κ1) is 37.4. The van der Waals surface area contributed by atoms with Crippen molar-refractivity contribution in [2.75, 3.05) is 13.2 Å². The van der Waals surface area contributed by atoms with Crippen molar-refractivity contribution in [1.29, 1.82) is 0 Å². The molecule has 0 aromatic rings. The Kier molecular flexibility index (Phi) is 29.6. The lowest BCUT2D eigenvalue weighted by Gasteiger charge is -2.05. The molecule has 0 aliphatic heterocycles. The fraction of sp³-hybridized carbons (Fsp3) is 0.966. The molecule has 0 fully saturated rings. The van der Waals surface area contributed by atoms with Gasteiger partial charge in [0.25, 0.3) is 0 Å². The van der Waals surface area contributed by atoms with Gasteiger partial charge >= 0.3 is 7.82 Å². The first-order valence-corrected chi connectivity index (χ1v) is 18.0. The van der Waals surface area contributed by atoms with E-state index in [0.29, 0.717) is 4.32 Å². The number of phosphoric acid groups is 1. The average Bonchev–Trinajstić information content (AvgIpc) is 2.84. The number of thiol groups is 1. The molecule has 0 saturated carbocycles. The smallest absolute Gasteiger partial charge is 0.371 e. The third-order valence-corrected chi connectivity index (χ3v) is 7.93. The van der Waals surface area contributed by atoms with Crippen LogP contribution in [0.1, 0.15) is 167 Å². The van der Waals surface area contributed by atoms with E-state index in [1.165, 1.54) is 148 Å². The summed E-state index contributed by atoms with van der Waals surface area (Å²) in [5.74, 6) is 0. The van der Waals surface area contributed by atoms with Crippen LogP contribution in [-0.2, 0) is 9.09 Å². The van der Waals surface area contributed by atoms with E-state index in [0.717, 1.165) is 25.8 Å². The molecular weight excluding hydrogens is 521 g/mol. The van der Waals surface area contributed by atoms with Gasteiger partial charge in [0.1, 0.15) is 4.32 Å². The molecule has 0 aromatic heterocycles. The van der Waals surface area contributed by atoms with Gasteiger partial charge in [-0.1, -0.05) is 166 Å². The molecule has 0 bridgehead atoms. The molecule has 0 saturated heterocycles. The van der Waals surface area contributed by atoms with E-state index >= 15 is 0 Å². The molecule has 0 aliphatic rings. The van der Waals surface area contributed by atoms with Crippen LogP contribution >= 0.6 is 32.7 Å². The molecule has 37 heavy (non-hydrogen) atoms. The van der Waals surface area contributed by atoms with Gasteiger partial charge < -0.3 is 15.1 Å². The summed E-state index contributed by atoms with van der Waals surface area (Å²) in [6.07, 6.45) is 34.6. The summed E-state index contributed by atoms with van der Waals surface area (Å²) in [4.78, 5) is 17.2. The van der Waals surface area contributed by atoms with E-state index in [1.807, 2.05) is 0 Å². The molecule has 0 rings (SSSR count). The minimum atomic E-state index is -4.27. The third kappa shape index (κ3) is 36.4. The Morgan fingerprint density at radius 2 is 0.784 bits per heavy atom. The molecule has 0 spiro atoms. The second kappa shape index (κ2) is 29.3. The van der Waals surface area contributed by atoms with Crippen LogP contribution in [-0.4, -0.2) is 27.3 Å². The molecule has 0 heterocycles. The number of hydrogen-bond donors (Lipinski definition) is 4. The minimum absolute atomic E-state index is 0.165. The predicted octanol–water partition coefficient (Wildman–Crippen LogP) is 10.0. The summed E-state index contributed by atoms with van der Waals surface area (Å²) in [6.45, 7) is 1.14. The Balaban J connectivity index is 3.05. The fourth-order valence-electron chi connectivity index (χ4n) is 4.85. The highest BCUT2D eigenvalue weighted by atomic mass is 32.1. The number of hydrogen-bond acceptors (Lipinski definition) is 3. The van der Waals surface area contributed by atoms with Crippen molar-refractivity contribution in [1.82, 2.24) is 5.32 Å².